The molecule has 5 nitrogen and oxygen atoms in total. The Balaban J connectivity index is 1.81. The second kappa shape index (κ2) is 10.6. The SMILES string of the molecule is Cc1cc(C)c(S(=O)(=O)N(CCC(=O)Nc2ccc(C(F)(F)F)cc2)Cc2ccccc2)c(C)c1. The molecule has 0 saturated carbocycles. The van der Waals surface area contributed by atoms with E-state index < -0.39 is 27.7 Å². The summed E-state index contributed by atoms with van der Waals surface area (Å²) in [6.45, 7) is 5.35. The van der Waals surface area contributed by atoms with Gasteiger partial charge in [0.25, 0.3) is 0 Å². The number of carbonyl (C=O) groups excluding carboxylic acids is 1. The molecule has 0 bridgehead atoms. The summed E-state index contributed by atoms with van der Waals surface area (Å²) in [6.07, 6.45) is -4.64. The molecule has 0 aliphatic heterocycles. The first-order valence-electron chi connectivity index (χ1n) is 11.0. The predicted molar refractivity (Wildman–Crippen MR) is 129 cm³/mol. The molecule has 3 aromatic carbocycles. The van der Waals surface area contributed by atoms with E-state index in [0.29, 0.717) is 11.1 Å². The van der Waals surface area contributed by atoms with Crippen LogP contribution < -0.4 is 5.32 Å². The highest BCUT2D eigenvalue weighted by Crippen LogP contribution is 2.30. The van der Waals surface area contributed by atoms with Gasteiger partial charge in [0.1, 0.15) is 0 Å². The molecule has 0 spiro atoms. The van der Waals surface area contributed by atoms with E-state index in [0.717, 1.165) is 35.4 Å². The van der Waals surface area contributed by atoms with Crippen molar-refractivity contribution in [1.82, 2.24) is 4.31 Å². The van der Waals surface area contributed by atoms with Gasteiger partial charge < -0.3 is 5.32 Å². The van der Waals surface area contributed by atoms with Crippen molar-refractivity contribution in [2.75, 3.05) is 11.9 Å². The van der Waals surface area contributed by atoms with Crippen LogP contribution in [0.1, 0.15) is 34.2 Å². The Labute approximate surface area is 203 Å². The number of alkyl halides is 3. The van der Waals surface area contributed by atoms with Gasteiger partial charge in [0, 0.05) is 25.2 Å². The number of nitrogens with zero attached hydrogens (tertiary/aromatic N) is 1. The molecule has 0 aliphatic carbocycles. The van der Waals surface area contributed by atoms with Crippen molar-refractivity contribution in [2.45, 2.75) is 44.8 Å². The lowest BCUT2D eigenvalue weighted by molar-refractivity contribution is -0.137. The number of rotatable bonds is 8. The Morgan fingerprint density at radius 1 is 0.914 bits per heavy atom. The summed E-state index contributed by atoms with van der Waals surface area (Å²) < 4.78 is 66.9. The van der Waals surface area contributed by atoms with Crippen molar-refractivity contribution in [1.29, 1.82) is 0 Å². The number of aryl methyl sites for hydroxylation is 3. The van der Waals surface area contributed by atoms with Gasteiger partial charge in [-0.2, -0.15) is 17.5 Å². The van der Waals surface area contributed by atoms with Crippen molar-refractivity contribution in [3.63, 3.8) is 0 Å². The summed E-state index contributed by atoms with van der Waals surface area (Å²) in [5.41, 5.74) is 2.33. The lowest BCUT2D eigenvalue weighted by Gasteiger charge is -2.24. The Kier molecular flexibility index (Phi) is 8.02. The van der Waals surface area contributed by atoms with Crippen LogP contribution in [0, 0.1) is 20.8 Å². The van der Waals surface area contributed by atoms with Crippen LogP contribution in [0.2, 0.25) is 0 Å². The van der Waals surface area contributed by atoms with E-state index >= 15 is 0 Å². The number of carbonyl (C=O) groups is 1. The van der Waals surface area contributed by atoms with Crippen LogP contribution in [0.25, 0.3) is 0 Å². The highest BCUT2D eigenvalue weighted by molar-refractivity contribution is 7.89. The van der Waals surface area contributed by atoms with Crippen LogP contribution in [-0.2, 0) is 27.5 Å². The Morgan fingerprint density at radius 3 is 2.03 bits per heavy atom. The van der Waals surface area contributed by atoms with Crippen molar-refractivity contribution in [3.8, 4) is 0 Å². The second-order valence-electron chi connectivity index (χ2n) is 8.43. The standard InChI is InChI=1S/C26H27F3N2O3S/c1-18-15-19(2)25(20(3)16-18)35(33,34)31(17-21-7-5-4-6-8-21)14-13-24(32)30-23-11-9-22(10-12-23)26(27,28)29/h4-12,15-16H,13-14,17H2,1-3H3,(H,30,32). The van der Waals surface area contributed by atoms with Crippen LogP contribution in [0.15, 0.2) is 71.6 Å². The zero-order valence-corrected chi connectivity index (χ0v) is 20.5. The van der Waals surface area contributed by atoms with Crippen LogP contribution >= 0.6 is 0 Å². The van der Waals surface area contributed by atoms with Crippen LogP contribution in [0.5, 0.6) is 0 Å². The largest absolute Gasteiger partial charge is 0.416 e. The molecule has 0 radical (unpaired) electrons. The zero-order valence-electron chi connectivity index (χ0n) is 19.7. The van der Waals surface area contributed by atoms with Gasteiger partial charge in [-0.3, -0.25) is 4.79 Å². The summed E-state index contributed by atoms with van der Waals surface area (Å²) in [7, 11) is -3.94. The molecule has 0 saturated heterocycles. The number of benzene rings is 3. The van der Waals surface area contributed by atoms with E-state index in [1.807, 2.05) is 13.0 Å². The fourth-order valence-electron chi connectivity index (χ4n) is 3.97. The van der Waals surface area contributed by atoms with Crippen LogP contribution in [0.4, 0.5) is 18.9 Å². The predicted octanol–water partition coefficient (Wildman–Crippen LogP) is 5.85. The molecule has 0 fully saturated rings. The number of nitrogens with one attached hydrogen (secondary N) is 1. The van der Waals surface area contributed by atoms with E-state index in [4.69, 9.17) is 0 Å². The molecule has 9 heteroatoms. The summed E-state index contributed by atoms with van der Waals surface area (Å²) in [5.74, 6) is -0.504. The van der Waals surface area contributed by atoms with E-state index in [1.165, 1.54) is 4.31 Å². The smallest absolute Gasteiger partial charge is 0.326 e. The van der Waals surface area contributed by atoms with Crippen molar-refractivity contribution in [3.05, 3.63) is 94.5 Å². The van der Waals surface area contributed by atoms with E-state index in [-0.39, 0.29) is 30.1 Å². The number of hydrogen-bond donors (Lipinski definition) is 1. The summed E-state index contributed by atoms with van der Waals surface area (Å²) in [6, 6.07) is 16.7. The lowest BCUT2D eigenvalue weighted by Crippen LogP contribution is -2.34. The number of sulfonamides is 1. The third-order valence-electron chi connectivity index (χ3n) is 5.49. The molecule has 186 valence electrons. The van der Waals surface area contributed by atoms with Crippen molar-refractivity contribution in [2.24, 2.45) is 0 Å². The molecule has 35 heavy (non-hydrogen) atoms. The maximum atomic E-state index is 13.7. The molecule has 0 heterocycles. The van der Waals surface area contributed by atoms with E-state index in [2.05, 4.69) is 5.32 Å². The minimum absolute atomic E-state index is 0.0729. The molecular formula is C26H27F3N2O3S. The second-order valence-corrected chi connectivity index (χ2v) is 10.3. The molecule has 3 aromatic rings. The Hall–Kier alpha value is -3.17. The minimum Gasteiger partial charge on any atom is -0.326 e. The van der Waals surface area contributed by atoms with Crippen LogP contribution in [-0.4, -0.2) is 25.2 Å². The first-order chi connectivity index (χ1) is 16.4. The highest BCUT2D eigenvalue weighted by Gasteiger charge is 2.30. The van der Waals surface area contributed by atoms with Gasteiger partial charge in [-0.25, -0.2) is 8.42 Å². The molecular weight excluding hydrogens is 477 g/mol. The van der Waals surface area contributed by atoms with Gasteiger partial charge in [0.15, 0.2) is 0 Å². The van der Waals surface area contributed by atoms with Gasteiger partial charge in [-0.05, 0) is 61.7 Å². The van der Waals surface area contributed by atoms with Gasteiger partial charge in [0.2, 0.25) is 15.9 Å². The Morgan fingerprint density at radius 2 is 1.49 bits per heavy atom. The topological polar surface area (TPSA) is 66.5 Å². The molecule has 0 atom stereocenters. The molecule has 1 N–H and O–H groups in total. The van der Waals surface area contributed by atoms with Gasteiger partial charge in [-0.15, -0.1) is 0 Å². The number of hydrogen-bond acceptors (Lipinski definition) is 3. The third-order valence-corrected chi connectivity index (χ3v) is 7.64. The van der Waals surface area contributed by atoms with Crippen molar-refractivity contribution >= 4 is 21.6 Å². The first kappa shape index (κ1) is 26.4. The average molecular weight is 505 g/mol. The number of halogens is 3. The minimum atomic E-state index is -4.47. The fourth-order valence-corrected chi connectivity index (χ4v) is 5.81. The Bertz CT molecular complexity index is 1270. The average Bonchev–Trinajstić information content (AvgIpc) is 2.76. The first-order valence-corrected chi connectivity index (χ1v) is 12.4. The molecule has 1 amide bonds. The lowest BCUT2D eigenvalue weighted by atomic mass is 10.1. The fraction of sp³-hybridized carbons (Fsp3) is 0.269. The molecule has 0 aromatic heterocycles. The van der Waals surface area contributed by atoms with E-state index in [1.54, 1.807) is 50.2 Å². The highest BCUT2D eigenvalue weighted by atomic mass is 32.2. The normalized spacial score (nSPS) is 12.1. The van der Waals surface area contributed by atoms with Gasteiger partial charge in [0.05, 0.1) is 10.5 Å². The maximum Gasteiger partial charge on any atom is 0.416 e. The zero-order chi connectivity index (χ0) is 25.8. The quantitative estimate of drug-likeness (QED) is 0.419. The monoisotopic (exact) mass is 504 g/mol. The molecule has 0 unspecified atom stereocenters. The molecule has 0 aliphatic rings. The summed E-state index contributed by atoms with van der Waals surface area (Å²) in [4.78, 5) is 12.7. The summed E-state index contributed by atoms with van der Waals surface area (Å²) in [5, 5.41) is 2.53. The maximum absolute atomic E-state index is 13.7. The third kappa shape index (κ3) is 6.70. The van der Waals surface area contributed by atoms with Crippen LogP contribution in [0.3, 0.4) is 0 Å². The van der Waals surface area contributed by atoms with E-state index in [9.17, 15) is 26.4 Å². The van der Waals surface area contributed by atoms with Gasteiger partial charge in [-0.1, -0.05) is 48.0 Å². The van der Waals surface area contributed by atoms with Gasteiger partial charge >= 0.3 is 6.18 Å². The number of anilines is 1. The summed E-state index contributed by atoms with van der Waals surface area (Å²) >= 11 is 0. The van der Waals surface area contributed by atoms with Crippen molar-refractivity contribution < 1.29 is 26.4 Å². The number of amides is 1. The molecule has 3 rings (SSSR count).